The van der Waals surface area contributed by atoms with Crippen molar-refractivity contribution in [1.82, 2.24) is 0 Å². The van der Waals surface area contributed by atoms with Crippen molar-refractivity contribution in [2.75, 3.05) is 0 Å². The summed E-state index contributed by atoms with van der Waals surface area (Å²) in [6, 6.07) is 0. The van der Waals surface area contributed by atoms with E-state index in [1.54, 1.807) is 0 Å². The van der Waals surface area contributed by atoms with Crippen molar-refractivity contribution >= 4 is 19.4 Å². The van der Waals surface area contributed by atoms with Crippen LogP contribution in [0.5, 0.6) is 0 Å². The standard InChI is InChI=1S/C4H9.2ClH.Zn/c1-3-4-2;;;/h3H,4H2,1-2H3;2*1H;/q;;;+2/p-2. The van der Waals surface area contributed by atoms with Gasteiger partial charge in [-0.15, -0.1) is 0 Å². The molecule has 7 heavy (non-hydrogen) atoms. The molecule has 1 radical (unpaired) electrons. The molecule has 0 aliphatic carbocycles. The topological polar surface area (TPSA) is 0 Å². The van der Waals surface area contributed by atoms with Crippen molar-refractivity contribution in [2.24, 2.45) is 0 Å². The minimum absolute atomic E-state index is 0.931. The first-order chi connectivity index (χ1) is 3.33. The van der Waals surface area contributed by atoms with Crippen molar-refractivity contribution in [3.8, 4) is 0 Å². The van der Waals surface area contributed by atoms with Crippen molar-refractivity contribution in [3.05, 3.63) is 6.42 Å². The van der Waals surface area contributed by atoms with E-state index < -0.39 is 15.1 Å². The molecular weight excluding hydrogens is 184 g/mol. The van der Waals surface area contributed by atoms with Gasteiger partial charge in [-0.1, -0.05) is 20.3 Å². The second kappa shape index (κ2) is 15.7. The van der Waals surface area contributed by atoms with Gasteiger partial charge in [0.15, 0.2) is 0 Å². The molecule has 0 rings (SSSR count). The summed E-state index contributed by atoms with van der Waals surface area (Å²) in [5.74, 6) is 0. The molecule has 0 aliphatic heterocycles. The van der Waals surface area contributed by atoms with E-state index in [9.17, 15) is 0 Å². The van der Waals surface area contributed by atoms with Crippen LogP contribution in [0.3, 0.4) is 0 Å². The average Bonchev–Trinajstić information content (AvgIpc) is 1.69. The molecule has 0 fully saturated rings. The molecule has 0 amide bonds. The molecule has 0 atom stereocenters. The van der Waals surface area contributed by atoms with E-state index in [2.05, 4.69) is 20.3 Å². The zero-order chi connectivity index (χ0) is 6.12. The van der Waals surface area contributed by atoms with Crippen LogP contribution in [0.4, 0.5) is 0 Å². The van der Waals surface area contributed by atoms with Crippen molar-refractivity contribution in [2.45, 2.75) is 20.3 Å². The third-order valence-corrected chi connectivity index (χ3v) is 0.408. The first-order valence-electron chi connectivity index (χ1n) is 2.23. The maximum atomic E-state index is 4.95. The minimum atomic E-state index is -0.931. The Morgan fingerprint density at radius 1 is 1.57 bits per heavy atom. The average molecular weight is 193 g/mol. The van der Waals surface area contributed by atoms with Crippen LogP contribution in [0.1, 0.15) is 20.3 Å². The first-order valence-corrected chi connectivity index (χ1v) is 10.0. The number of rotatable bonds is 1. The SMILES string of the molecule is C[CH]CC.[Cl][Zn][Cl]. The van der Waals surface area contributed by atoms with Crippen LogP contribution in [0.2, 0.25) is 0 Å². The maximum absolute atomic E-state index is 4.95. The van der Waals surface area contributed by atoms with Crippen LogP contribution in [0.25, 0.3) is 0 Å². The Kier molecular flexibility index (Phi) is 24.8. The van der Waals surface area contributed by atoms with E-state index >= 15 is 0 Å². The van der Waals surface area contributed by atoms with E-state index in [1.807, 2.05) is 0 Å². The molecule has 0 N–H and O–H groups in total. The van der Waals surface area contributed by atoms with Crippen LogP contribution in [0, 0.1) is 6.42 Å². The van der Waals surface area contributed by atoms with Gasteiger partial charge in [0.25, 0.3) is 0 Å². The normalized spacial score (nSPS) is 5.71. The van der Waals surface area contributed by atoms with Crippen LogP contribution in [-0.2, 0) is 15.1 Å². The fraction of sp³-hybridized carbons (Fsp3) is 0.750. The zero-order valence-electron chi connectivity index (χ0n) is 4.75. The Hall–Kier alpha value is 1.20. The summed E-state index contributed by atoms with van der Waals surface area (Å²) < 4.78 is 0. The van der Waals surface area contributed by atoms with E-state index in [4.69, 9.17) is 19.4 Å². The molecule has 0 aromatic carbocycles. The predicted octanol–water partition coefficient (Wildman–Crippen LogP) is 3.00. The number of hydrogen-bond donors (Lipinski definition) is 0. The molecule has 0 heterocycles. The van der Waals surface area contributed by atoms with Crippen LogP contribution < -0.4 is 0 Å². The summed E-state index contributed by atoms with van der Waals surface area (Å²) in [5.41, 5.74) is 0. The van der Waals surface area contributed by atoms with E-state index in [-0.39, 0.29) is 0 Å². The Balaban J connectivity index is 0. The summed E-state index contributed by atoms with van der Waals surface area (Å²) in [6.07, 6.45) is 3.32. The van der Waals surface area contributed by atoms with Gasteiger partial charge in [-0.2, -0.15) is 0 Å². The summed E-state index contributed by atoms with van der Waals surface area (Å²) in [7, 11) is 9.90. The Morgan fingerprint density at radius 3 is 1.71 bits per heavy atom. The Bertz CT molecular complexity index is 17.2. The molecule has 0 aliphatic rings. The van der Waals surface area contributed by atoms with Crippen molar-refractivity contribution in [3.63, 3.8) is 0 Å². The molecule has 0 aromatic heterocycles. The van der Waals surface area contributed by atoms with Gasteiger partial charge in [0.1, 0.15) is 0 Å². The van der Waals surface area contributed by atoms with Gasteiger partial charge >= 0.3 is 34.5 Å². The molecule has 0 aromatic rings. The predicted molar refractivity (Wildman–Crippen MR) is 32.0 cm³/mol. The van der Waals surface area contributed by atoms with Crippen molar-refractivity contribution < 1.29 is 15.1 Å². The molecule has 0 nitrogen and oxygen atoms in total. The van der Waals surface area contributed by atoms with Gasteiger partial charge in [0.2, 0.25) is 0 Å². The summed E-state index contributed by atoms with van der Waals surface area (Å²) in [5, 5.41) is 0. The molecule has 3 heteroatoms. The molecule has 0 saturated heterocycles. The van der Waals surface area contributed by atoms with Gasteiger partial charge in [-0.25, -0.2) is 0 Å². The fourth-order valence-electron chi connectivity index (χ4n) is 0. The number of hydrogen-bond acceptors (Lipinski definition) is 0. The van der Waals surface area contributed by atoms with E-state index in [0.29, 0.717) is 0 Å². The summed E-state index contributed by atoms with van der Waals surface area (Å²) in [6.45, 7) is 4.18. The monoisotopic (exact) mass is 191 g/mol. The van der Waals surface area contributed by atoms with Crippen molar-refractivity contribution in [1.29, 1.82) is 0 Å². The molecule has 0 saturated carbocycles. The summed E-state index contributed by atoms with van der Waals surface area (Å²) >= 11 is -0.931. The molecule has 0 spiro atoms. The van der Waals surface area contributed by atoms with Crippen LogP contribution >= 0.6 is 19.4 Å². The second-order valence-corrected chi connectivity index (χ2v) is 5.54. The fourth-order valence-corrected chi connectivity index (χ4v) is 0. The number of unbranched alkanes of at least 4 members (excludes halogenated alkanes) is 1. The Labute approximate surface area is 61.3 Å². The quantitative estimate of drug-likeness (QED) is 0.562. The molecule has 0 unspecified atom stereocenters. The first kappa shape index (κ1) is 11.1. The van der Waals surface area contributed by atoms with E-state index in [0.717, 1.165) is 0 Å². The van der Waals surface area contributed by atoms with Gasteiger partial charge in [-0.05, 0) is 6.42 Å². The van der Waals surface area contributed by atoms with Crippen LogP contribution in [0.15, 0.2) is 0 Å². The third kappa shape index (κ3) is 40.2. The van der Waals surface area contributed by atoms with E-state index in [1.165, 1.54) is 6.42 Å². The molecular formula is C4H9Cl2Zn. The third-order valence-electron chi connectivity index (χ3n) is 0.408. The van der Waals surface area contributed by atoms with Gasteiger partial charge in [0, 0.05) is 0 Å². The number of halogens is 2. The van der Waals surface area contributed by atoms with Gasteiger partial charge in [0.05, 0.1) is 0 Å². The molecule has 41 valence electrons. The van der Waals surface area contributed by atoms with Gasteiger partial charge < -0.3 is 0 Å². The summed E-state index contributed by atoms with van der Waals surface area (Å²) in [4.78, 5) is 0. The van der Waals surface area contributed by atoms with Gasteiger partial charge in [-0.3, -0.25) is 0 Å². The molecule has 0 bridgehead atoms. The Morgan fingerprint density at radius 2 is 1.71 bits per heavy atom. The van der Waals surface area contributed by atoms with Crippen LogP contribution in [-0.4, -0.2) is 0 Å². The second-order valence-electron chi connectivity index (χ2n) is 0.918. The zero-order valence-corrected chi connectivity index (χ0v) is 9.23.